The Bertz CT molecular complexity index is 1150. The number of halogens is 2. The Morgan fingerprint density at radius 1 is 1.26 bits per heavy atom. The molecule has 6 nitrogen and oxygen atoms in total. The molecule has 0 radical (unpaired) electrons. The number of anilines is 1. The average Bonchev–Trinajstić information content (AvgIpc) is 3.17. The van der Waals surface area contributed by atoms with Gasteiger partial charge < -0.3 is 10.2 Å². The number of nitrogens with zero attached hydrogens (tertiary/aromatic N) is 3. The average molecular weight is 422 g/mol. The molecule has 0 spiro atoms. The number of carbonyl (C=O) groups is 1. The molecule has 0 aliphatic carbocycles. The first-order valence-corrected chi connectivity index (χ1v) is 9.33. The Morgan fingerprint density at radius 2 is 1.97 bits per heavy atom. The highest BCUT2D eigenvalue weighted by atomic mass is 19.3. The van der Waals surface area contributed by atoms with Gasteiger partial charge in [-0.15, -0.1) is 6.42 Å². The van der Waals surface area contributed by atoms with Gasteiger partial charge in [-0.05, 0) is 24.1 Å². The van der Waals surface area contributed by atoms with E-state index in [0.29, 0.717) is 11.4 Å². The molecule has 0 atom stereocenters. The molecule has 0 saturated carbocycles. The largest absolute Gasteiger partial charge is 0.382 e. The fourth-order valence-electron chi connectivity index (χ4n) is 2.99. The molecule has 1 amide bonds. The van der Waals surface area contributed by atoms with Gasteiger partial charge in [0.15, 0.2) is 6.61 Å². The van der Waals surface area contributed by atoms with Crippen LogP contribution < -0.4 is 5.32 Å². The Morgan fingerprint density at radius 3 is 2.65 bits per heavy atom. The van der Waals surface area contributed by atoms with Crippen molar-refractivity contribution in [3.8, 4) is 23.5 Å². The number of carbonyl (C=O) groups excluding carboxylic acids is 1. The third kappa shape index (κ3) is 5.14. The van der Waals surface area contributed by atoms with Crippen LogP contribution >= 0.6 is 0 Å². The topological polar surface area (TPSA) is 68.5 Å². The Labute approximate surface area is 178 Å². The lowest BCUT2D eigenvalue weighted by atomic mass is 10.0. The number of amides is 1. The maximum Gasteiger partial charge on any atom is 0.282 e. The predicted molar refractivity (Wildman–Crippen MR) is 115 cm³/mol. The van der Waals surface area contributed by atoms with Crippen LogP contribution in [-0.4, -0.2) is 28.0 Å². The Balaban J connectivity index is 1.85. The van der Waals surface area contributed by atoms with E-state index in [4.69, 9.17) is 11.3 Å². The number of alkyl halides is 2. The van der Waals surface area contributed by atoms with Crippen molar-refractivity contribution in [2.75, 3.05) is 11.9 Å². The summed E-state index contributed by atoms with van der Waals surface area (Å²) < 4.78 is 27.6. The first kappa shape index (κ1) is 21.7. The molecule has 0 aliphatic heterocycles. The highest BCUT2D eigenvalue weighted by Crippen LogP contribution is 2.29. The van der Waals surface area contributed by atoms with Crippen molar-refractivity contribution in [3.05, 3.63) is 71.5 Å². The number of para-hydroxylation sites is 1. The molecule has 158 valence electrons. The van der Waals surface area contributed by atoms with Gasteiger partial charge in [-0.1, -0.05) is 53.5 Å². The summed E-state index contributed by atoms with van der Waals surface area (Å²) in [5.74, 6) is 1.69. The molecule has 3 aromatic rings. The van der Waals surface area contributed by atoms with Crippen LogP contribution in [0.1, 0.15) is 35.0 Å². The lowest BCUT2D eigenvalue weighted by molar-refractivity contribution is 0.101. The number of oxime groups is 1. The maximum absolute atomic E-state index is 13.2. The third-order valence-corrected chi connectivity index (χ3v) is 4.45. The number of rotatable bonds is 7. The van der Waals surface area contributed by atoms with Gasteiger partial charge >= 0.3 is 0 Å². The molecule has 0 saturated heterocycles. The lowest BCUT2D eigenvalue weighted by Crippen LogP contribution is -2.14. The van der Waals surface area contributed by atoms with E-state index in [9.17, 15) is 13.6 Å². The minimum atomic E-state index is -2.85. The first-order valence-electron chi connectivity index (χ1n) is 9.33. The first-order chi connectivity index (χ1) is 14.9. The van der Waals surface area contributed by atoms with Gasteiger partial charge in [0.1, 0.15) is 5.69 Å². The van der Waals surface area contributed by atoms with E-state index < -0.39 is 18.0 Å². The number of hydrogen-bond acceptors (Lipinski definition) is 4. The van der Waals surface area contributed by atoms with Crippen molar-refractivity contribution >= 4 is 17.3 Å². The fourth-order valence-corrected chi connectivity index (χ4v) is 2.99. The Kier molecular flexibility index (Phi) is 6.78. The minimum Gasteiger partial charge on any atom is -0.382 e. The summed E-state index contributed by atoms with van der Waals surface area (Å²) >= 11 is 0. The quantitative estimate of drug-likeness (QED) is 0.261. The van der Waals surface area contributed by atoms with Crippen molar-refractivity contribution in [2.24, 2.45) is 12.2 Å². The van der Waals surface area contributed by atoms with Gasteiger partial charge in [0.25, 0.3) is 12.3 Å². The SMILES string of the molecule is C#CCON=C(C)c1ccc(-c2ccccc2NC(=O)c2cn(C)nc2C(F)F)cc1. The molecule has 3 rings (SSSR count). The zero-order valence-electron chi connectivity index (χ0n) is 17.0. The molecule has 0 unspecified atom stereocenters. The maximum atomic E-state index is 13.2. The molecule has 2 aromatic carbocycles. The number of hydrogen-bond donors (Lipinski definition) is 1. The van der Waals surface area contributed by atoms with Crippen LogP contribution in [0.25, 0.3) is 11.1 Å². The molecular formula is C23H20F2N4O2. The van der Waals surface area contributed by atoms with E-state index in [1.165, 1.54) is 17.9 Å². The lowest BCUT2D eigenvalue weighted by Gasteiger charge is -2.12. The molecular weight excluding hydrogens is 402 g/mol. The van der Waals surface area contributed by atoms with Crippen molar-refractivity contribution in [2.45, 2.75) is 13.3 Å². The number of benzene rings is 2. The van der Waals surface area contributed by atoms with Crippen molar-refractivity contribution < 1.29 is 18.4 Å². The number of nitrogens with one attached hydrogen (secondary N) is 1. The van der Waals surface area contributed by atoms with Crippen molar-refractivity contribution in [3.63, 3.8) is 0 Å². The molecule has 8 heteroatoms. The van der Waals surface area contributed by atoms with E-state index in [1.807, 2.05) is 36.4 Å². The van der Waals surface area contributed by atoms with E-state index in [2.05, 4.69) is 21.5 Å². The third-order valence-electron chi connectivity index (χ3n) is 4.45. The summed E-state index contributed by atoms with van der Waals surface area (Å²) in [5, 5.41) is 10.3. The van der Waals surface area contributed by atoms with Gasteiger partial charge in [-0.2, -0.15) is 5.10 Å². The molecule has 0 aliphatic rings. The summed E-state index contributed by atoms with van der Waals surface area (Å²) in [6.07, 6.45) is 3.56. The molecule has 31 heavy (non-hydrogen) atoms. The second kappa shape index (κ2) is 9.67. The van der Waals surface area contributed by atoms with Gasteiger partial charge in [-0.3, -0.25) is 9.48 Å². The summed E-state index contributed by atoms with van der Waals surface area (Å²) in [6.45, 7) is 1.89. The predicted octanol–water partition coefficient (Wildman–Crippen LogP) is 4.65. The van der Waals surface area contributed by atoms with E-state index in [1.54, 1.807) is 19.1 Å². The standard InChI is InChI=1S/C23H20F2N4O2/c1-4-13-31-28-15(2)16-9-11-17(12-10-16)18-7-5-6-8-20(18)26-23(30)19-14-29(3)27-21(19)22(24)25/h1,5-12,14,22H,13H2,2-3H3,(H,26,30). The van der Waals surface area contributed by atoms with Gasteiger partial charge in [-0.25, -0.2) is 8.78 Å². The van der Waals surface area contributed by atoms with Crippen LogP contribution in [-0.2, 0) is 11.9 Å². The van der Waals surface area contributed by atoms with Crippen LogP contribution in [0.4, 0.5) is 14.5 Å². The van der Waals surface area contributed by atoms with Crippen molar-refractivity contribution in [1.29, 1.82) is 0 Å². The van der Waals surface area contributed by atoms with E-state index in [-0.39, 0.29) is 12.2 Å². The fraction of sp³-hybridized carbons (Fsp3) is 0.174. The van der Waals surface area contributed by atoms with Crippen LogP contribution in [0.15, 0.2) is 59.9 Å². The van der Waals surface area contributed by atoms with Crippen LogP contribution in [0, 0.1) is 12.3 Å². The van der Waals surface area contributed by atoms with Gasteiger partial charge in [0.2, 0.25) is 0 Å². The van der Waals surface area contributed by atoms with E-state index in [0.717, 1.165) is 16.7 Å². The number of aryl methyl sites for hydroxylation is 1. The van der Waals surface area contributed by atoms with Crippen LogP contribution in [0.5, 0.6) is 0 Å². The van der Waals surface area contributed by atoms with Crippen molar-refractivity contribution in [1.82, 2.24) is 9.78 Å². The minimum absolute atomic E-state index is 0.0900. The summed E-state index contributed by atoms with van der Waals surface area (Å²) in [6, 6.07) is 14.6. The second-order valence-corrected chi connectivity index (χ2v) is 6.63. The molecule has 1 aromatic heterocycles. The summed E-state index contributed by atoms with van der Waals surface area (Å²) in [7, 11) is 1.49. The summed E-state index contributed by atoms with van der Waals surface area (Å²) in [5.41, 5.74) is 2.86. The highest BCUT2D eigenvalue weighted by molar-refractivity contribution is 6.07. The molecule has 1 heterocycles. The number of terminal acetylenes is 1. The van der Waals surface area contributed by atoms with E-state index >= 15 is 0 Å². The van der Waals surface area contributed by atoms with Gasteiger partial charge in [0, 0.05) is 24.5 Å². The zero-order chi connectivity index (χ0) is 22.4. The normalized spacial score (nSPS) is 11.3. The summed E-state index contributed by atoms with van der Waals surface area (Å²) in [4.78, 5) is 17.7. The smallest absolute Gasteiger partial charge is 0.282 e. The highest BCUT2D eigenvalue weighted by Gasteiger charge is 2.23. The monoisotopic (exact) mass is 422 g/mol. The van der Waals surface area contributed by atoms with Crippen LogP contribution in [0.3, 0.4) is 0 Å². The Hall–Kier alpha value is -3.99. The van der Waals surface area contributed by atoms with Crippen LogP contribution in [0.2, 0.25) is 0 Å². The second-order valence-electron chi connectivity index (χ2n) is 6.63. The molecule has 0 bridgehead atoms. The number of aromatic nitrogens is 2. The molecule has 1 N–H and O–H groups in total. The van der Waals surface area contributed by atoms with Gasteiger partial charge in [0.05, 0.1) is 11.3 Å². The molecule has 0 fully saturated rings. The zero-order valence-corrected chi connectivity index (χ0v) is 17.0.